The number of rotatable bonds is 3. The number of Topliss-reactive ketones (excluding diaryl/α,β-unsaturated/α-hetero) is 1. The van der Waals surface area contributed by atoms with Gasteiger partial charge in [-0.3, -0.25) is 0 Å². The molecule has 0 aromatic carbocycles. The Morgan fingerprint density at radius 2 is 2.11 bits per heavy atom. The second kappa shape index (κ2) is 3.75. The van der Waals surface area contributed by atoms with E-state index >= 15 is 0 Å². The molecule has 9 heavy (non-hydrogen) atoms. The molecular formula is C5H7IrO3. The van der Waals surface area contributed by atoms with E-state index in [0.29, 0.717) is 0 Å². The van der Waals surface area contributed by atoms with Crippen molar-refractivity contribution in [2.75, 3.05) is 0 Å². The molecule has 0 spiro atoms. The molecule has 0 radical (unpaired) electrons. The summed E-state index contributed by atoms with van der Waals surface area (Å²) in [7, 11) is 0. The van der Waals surface area contributed by atoms with E-state index in [0.717, 1.165) is 0 Å². The Morgan fingerprint density at radius 1 is 1.67 bits per heavy atom. The van der Waals surface area contributed by atoms with Gasteiger partial charge in [-0.25, -0.2) is 0 Å². The van der Waals surface area contributed by atoms with Crippen LogP contribution in [0.25, 0.3) is 0 Å². The van der Waals surface area contributed by atoms with E-state index in [9.17, 15) is 9.59 Å². The van der Waals surface area contributed by atoms with E-state index in [4.69, 9.17) is 5.11 Å². The van der Waals surface area contributed by atoms with E-state index < -0.39 is 5.97 Å². The van der Waals surface area contributed by atoms with Gasteiger partial charge in [0.2, 0.25) is 0 Å². The molecule has 0 fully saturated rings. The third-order valence-electron chi connectivity index (χ3n) is 0.768. The first-order valence-electron chi connectivity index (χ1n) is 2.37. The fraction of sp³-hybridized carbons (Fsp3) is 0.600. The standard InChI is InChI=1S/C5H7O3.Ir/c1-4(6)2-3-5(7)8;/h2H,3H2,1H3,(H,7,8);. The molecule has 1 atom stereocenters. The molecule has 0 rings (SSSR count). The van der Waals surface area contributed by atoms with Crippen LogP contribution in [0, 0.1) is 0 Å². The third kappa shape index (κ3) is 4.30. The van der Waals surface area contributed by atoms with Gasteiger partial charge in [-0.05, 0) is 0 Å². The van der Waals surface area contributed by atoms with Crippen LogP contribution in [0.5, 0.6) is 0 Å². The summed E-state index contributed by atoms with van der Waals surface area (Å²) < 4.78 is -0.345. The fourth-order valence-corrected chi connectivity index (χ4v) is 0.707. The van der Waals surface area contributed by atoms with E-state index in [1.807, 2.05) is 0 Å². The van der Waals surface area contributed by atoms with E-state index in [1.165, 1.54) is 6.92 Å². The van der Waals surface area contributed by atoms with Crippen LogP contribution in [0.15, 0.2) is 0 Å². The van der Waals surface area contributed by atoms with Crippen LogP contribution in [-0.2, 0) is 28.5 Å². The van der Waals surface area contributed by atoms with Gasteiger partial charge >= 0.3 is 63.1 Å². The van der Waals surface area contributed by atoms with Crippen molar-refractivity contribution in [3.8, 4) is 0 Å². The van der Waals surface area contributed by atoms with Gasteiger partial charge in [-0.1, -0.05) is 0 Å². The molecule has 1 N–H and O–H groups in total. The Labute approximate surface area is 63.6 Å². The van der Waals surface area contributed by atoms with E-state index in [2.05, 4.69) is 0 Å². The first kappa shape index (κ1) is 8.79. The van der Waals surface area contributed by atoms with Gasteiger partial charge in [-0.15, -0.1) is 0 Å². The molecule has 1 unspecified atom stereocenters. The normalized spacial score (nSPS) is 12.8. The van der Waals surface area contributed by atoms with Crippen molar-refractivity contribution < 1.29 is 33.6 Å². The molecule has 4 heteroatoms. The van der Waals surface area contributed by atoms with Gasteiger partial charge in [0.15, 0.2) is 0 Å². The second-order valence-corrected chi connectivity index (χ2v) is 3.31. The van der Waals surface area contributed by atoms with E-state index in [-0.39, 0.29) is 16.6 Å². The number of hydrogen-bond acceptors (Lipinski definition) is 2. The summed E-state index contributed by atoms with van der Waals surface area (Å²) in [5.41, 5.74) is 0. The predicted octanol–water partition coefficient (Wildman–Crippen LogP) is 0.385. The minimum atomic E-state index is -0.919. The summed E-state index contributed by atoms with van der Waals surface area (Å²) in [6, 6.07) is 0. The molecule has 0 amide bonds. The molecule has 0 aliphatic heterocycles. The van der Waals surface area contributed by atoms with Crippen molar-refractivity contribution >= 4 is 11.8 Å². The first-order chi connectivity index (χ1) is 4.04. The molecule has 0 bridgehead atoms. The zero-order valence-corrected chi connectivity index (χ0v) is 7.28. The molecule has 0 saturated carbocycles. The Kier molecular flexibility index (Phi) is 3.66. The number of carbonyl (C=O) groups is 2. The first-order valence-corrected chi connectivity index (χ1v) is 3.76. The minimum absolute atomic E-state index is 0.0602. The SMILES string of the molecule is CC(=O)[CH]([Ir])CC(=O)O. The van der Waals surface area contributed by atoms with Gasteiger partial charge in [0.05, 0.1) is 0 Å². The molecule has 54 valence electrons. The van der Waals surface area contributed by atoms with Gasteiger partial charge < -0.3 is 0 Å². The summed E-state index contributed by atoms with van der Waals surface area (Å²) in [6.45, 7) is 1.40. The van der Waals surface area contributed by atoms with Crippen molar-refractivity contribution in [1.29, 1.82) is 0 Å². The molecular weight excluding hydrogens is 300 g/mol. The quantitative estimate of drug-likeness (QED) is 0.820. The third-order valence-corrected chi connectivity index (χ3v) is 2.23. The maximum absolute atomic E-state index is 10.4. The summed E-state index contributed by atoms with van der Waals surface area (Å²) in [6.07, 6.45) is -0.0602. The number of aliphatic carboxylic acids is 1. The number of carboxylic acids is 1. The predicted molar refractivity (Wildman–Crippen MR) is 26.7 cm³/mol. The van der Waals surface area contributed by atoms with Crippen LogP contribution >= 0.6 is 0 Å². The summed E-state index contributed by atoms with van der Waals surface area (Å²) in [4.78, 5) is 20.4. The van der Waals surface area contributed by atoms with Crippen LogP contribution in [0.2, 0.25) is 4.43 Å². The molecule has 0 heterocycles. The van der Waals surface area contributed by atoms with Crippen LogP contribution < -0.4 is 0 Å². The molecule has 0 aliphatic rings. The van der Waals surface area contributed by atoms with Crippen molar-refractivity contribution in [3.63, 3.8) is 0 Å². The van der Waals surface area contributed by atoms with Crippen LogP contribution in [0.3, 0.4) is 0 Å². The molecule has 0 aromatic heterocycles. The van der Waals surface area contributed by atoms with Crippen molar-refractivity contribution in [2.45, 2.75) is 17.8 Å². The van der Waals surface area contributed by atoms with Crippen molar-refractivity contribution in [3.05, 3.63) is 0 Å². The zero-order chi connectivity index (χ0) is 7.44. The molecule has 3 nitrogen and oxygen atoms in total. The van der Waals surface area contributed by atoms with E-state index in [1.54, 1.807) is 18.9 Å². The maximum atomic E-state index is 10.4. The number of ketones is 1. The Balaban J connectivity index is 3.63. The number of carbonyl (C=O) groups excluding carboxylic acids is 1. The summed E-state index contributed by atoms with van der Waals surface area (Å²) in [5.74, 6) is -0.991. The number of hydrogen-bond donors (Lipinski definition) is 1. The number of carboxylic acid groups (broad SMARTS) is 1. The van der Waals surface area contributed by atoms with Gasteiger partial charge in [-0.2, -0.15) is 0 Å². The monoisotopic (exact) mass is 308 g/mol. The van der Waals surface area contributed by atoms with Crippen LogP contribution in [0.4, 0.5) is 0 Å². The fourth-order valence-electron chi connectivity index (χ4n) is 0.289. The topological polar surface area (TPSA) is 54.4 Å². The Morgan fingerprint density at radius 3 is 2.22 bits per heavy atom. The molecule has 0 saturated heterocycles. The van der Waals surface area contributed by atoms with Crippen molar-refractivity contribution in [1.82, 2.24) is 0 Å². The Hall–Kier alpha value is -0.211. The summed E-state index contributed by atoms with van der Waals surface area (Å²) in [5, 5.41) is 8.18. The Bertz CT molecular complexity index is 132. The van der Waals surface area contributed by atoms with Crippen LogP contribution in [0.1, 0.15) is 13.3 Å². The average Bonchev–Trinajstić information content (AvgIpc) is 1.63. The van der Waals surface area contributed by atoms with Crippen molar-refractivity contribution in [2.24, 2.45) is 0 Å². The molecule has 0 aromatic rings. The average molecular weight is 307 g/mol. The van der Waals surface area contributed by atoms with Gasteiger partial charge in [0.1, 0.15) is 0 Å². The zero-order valence-electron chi connectivity index (χ0n) is 4.88. The second-order valence-electron chi connectivity index (χ2n) is 1.64. The molecule has 0 aliphatic carbocycles. The van der Waals surface area contributed by atoms with Gasteiger partial charge in [0, 0.05) is 0 Å². The summed E-state index contributed by atoms with van der Waals surface area (Å²) >= 11 is 1.61. The van der Waals surface area contributed by atoms with Crippen LogP contribution in [-0.4, -0.2) is 16.9 Å². The van der Waals surface area contributed by atoms with Gasteiger partial charge in [0.25, 0.3) is 0 Å².